The van der Waals surface area contributed by atoms with Crippen molar-refractivity contribution in [2.45, 2.75) is 19.8 Å². The molecule has 5 nitrogen and oxygen atoms in total. The van der Waals surface area contributed by atoms with Crippen molar-refractivity contribution in [1.82, 2.24) is 4.90 Å². The zero-order chi connectivity index (χ0) is 16.1. The summed E-state index contributed by atoms with van der Waals surface area (Å²) in [4.78, 5) is 28.2. The van der Waals surface area contributed by atoms with Gasteiger partial charge in [-0.25, -0.2) is 0 Å². The van der Waals surface area contributed by atoms with Crippen LogP contribution in [0.4, 0.5) is 5.69 Å². The van der Waals surface area contributed by atoms with E-state index in [4.69, 9.17) is 4.74 Å². The third kappa shape index (κ3) is 3.78. The summed E-state index contributed by atoms with van der Waals surface area (Å²) in [6.07, 6.45) is 1.63. The molecule has 1 fully saturated rings. The number of rotatable bonds is 4. The molecule has 0 N–H and O–H groups in total. The molecule has 1 heterocycles. The Labute approximate surface area is 131 Å². The smallest absolute Gasteiger partial charge is 0.310 e. The molecule has 0 aliphatic carbocycles. The Kier molecular flexibility index (Phi) is 5.41. The van der Waals surface area contributed by atoms with Gasteiger partial charge in [-0.05, 0) is 44.0 Å². The van der Waals surface area contributed by atoms with Crippen LogP contribution < -0.4 is 4.90 Å². The number of esters is 1. The van der Waals surface area contributed by atoms with Gasteiger partial charge < -0.3 is 14.5 Å². The van der Waals surface area contributed by atoms with Crippen molar-refractivity contribution in [1.29, 1.82) is 0 Å². The number of hydrogen-bond acceptors (Lipinski definition) is 4. The van der Waals surface area contributed by atoms with E-state index in [9.17, 15) is 9.59 Å². The van der Waals surface area contributed by atoms with Crippen molar-refractivity contribution in [3.05, 3.63) is 29.8 Å². The van der Waals surface area contributed by atoms with Gasteiger partial charge in [-0.1, -0.05) is 0 Å². The van der Waals surface area contributed by atoms with E-state index in [1.54, 1.807) is 11.8 Å². The fraction of sp³-hybridized carbons (Fsp3) is 0.529. The SMILES string of the molecule is CCOC(=O)C1CCCN(C(=O)c2ccc(N(C)C)cc2)C1. The van der Waals surface area contributed by atoms with Gasteiger partial charge in [0.2, 0.25) is 0 Å². The fourth-order valence-corrected chi connectivity index (χ4v) is 2.70. The lowest BCUT2D eigenvalue weighted by Crippen LogP contribution is -2.42. The molecule has 1 amide bonds. The van der Waals surface area contributed by atoms with Crippen LogP contribution >= 0.6 is 0 Å². The molecule has 120 valence electrons. The summed E-state index contributed by atoms with van der Waals surface area (Å²) in [6.45, 7) is 3.34. The lowest BCUT2D eigenvalue weighted by molar-refractivity contribution is -0.149. The molecule has 0 bridgehead atoms. The summed E-state index contributed by atoms with van der Waals surface area (Å²) in [6, 6.07) is 7.54. The summed E-state index contributed by atoms with van der Waals surface area (Å²) in [5.74, 6) is -0.402. The standard InChI is InChI=1S/C17H24N2O3/c1-4-22-17(21)14-6-5-11-19(12-14)16(20)13-7-9-15(10-8-13)18(2)3/h7-10,14H,4-6,11-12H2,1-3H3. The molecule has 0 spiro atoms. The van der Waals surface area contributed by atoms with Gasteiger partial charge in [0.05, 0.1) is 12.5 Å². The predicted octanol–water partition coefficient (Wildman–Crippen LogP) is 2.17. The molecule has 22 heavy (non-hydrogen) atoms. The lowest BCUT2D eigenvalue weighted by Gasteiger charge is -2.31. The number of benzene rings is 1. The van der Waals surface area contributed by atoms with E-state index in [2.05, 4.69) is 0 Å². The maximum atomic E-state index is 12.6. The molecule has 1 aromatic rings. The van der Waals surface area contributed by atoms with Gasteiger partial charge in [0, 0.05) is 38.4 Å². The average Bonchev–Trinajstić information content (AvgIpc) is 2.54. The van der Waals surface area contributed by atoms with Crippen molar-refractivity contribution in [2.75, 3.05) is 38.7 Å². The molecular formula is C17H24N2O3. The van der Waals surface area contributed by atoms with Gasteiger partial charge in [-0.15, -0.1) is 0 Å². The Morgan fingerprint density at radius 3 is 2.55 bits per heavy atom. The van der Waals surface area contributed by atoms with Crippen molar-refractivity contribution < 1.29 is 14.3 Å². The monoisotopic (exact) mass is 304 g/mol. The molecule has 1 unspecified atom stereocenters. The second-order valence-electron chi connectivity index (χ2n) is 5.78. The van der Waals surface area contributed by atoms with E-state index in [-0.39, 0.29) is 17.8 Å². The third-order valence-corrected chi connectivity index (χ3v) is 3.96. The van der Waals surface area contributed by atoms with Crippen LogP contribution in [-0.2, 0) is 9.53 Å². The minimum absolute atomic E-state index is 0.0145. The largest absolute Gasteiger partial charge is 0.466 e. The Hall–Kier alpha value is -2.04. The first-order chi connectivity index (χ1) is 10.5. The molecule has 0 saturated carbocycles. The number of piperidine rings is 1. The Morgan fingerprint density at radius 1 is 1.27 bits per heavy atom. The highest BCUT2D eigenvalue weighted by atomic mass is 16.5. The van der Waals surface area contributed by atoms with Crippen molar-refractivity contribution in [3.8, 4) is 0 Å². The summed E-state index contributed by atoms with van der Waals surface area (Å²) in [7, 11) is 3.93. The molecule has 1 aliphatic heterocycles. The number of hydrogen-bond donors (Lipinski definition) is 0. The van der Waals surface area contributed by atoms with Crippen LogP contribution in [0.25, 0.3) is 0 Å². The van der Waals surface area contributed by atoms with E-state index in [0.29, 0.717) is 25.3 Å². The number of carbonyl (C=O) groups excluding carboxylic acids is 2. The van der Waals surface area contributed by atoms with Gasteiger partial charge in [0.25, 0.3) is 5.91 Å². The normalized spacial score (nSPS) is 18.0. The molecule has 1 aromatic carbocycles. The Morgan fingerprint density at radius 2 is 1.95 bits per heavy atom. The highest BCUT2D eigenvalue weighted by Crippen LogP contribution is 2.21. The highest BCUT2D eigenvalue weighted by molar-refractivity contribution is 5.95. The molecule has 1 atom stereocenters. The van der Waals surface area contributed by atoms with E-state index >= 15 is 0 Å². The maximum Gasteiger partial charge on any atom is 0.310 e. The quantitative estimate of drug-likeness (QED) is 0.800. The number of likely N-dealkylation sites (tertiary alicyclic amines) is 1. The van der Waals surface area contributed by atoms with Gasteiger partial charge >= 0.3 is 5.97 Å². The third-order valence-electron chi connectivity index (χ3n) is 3.96. The van der Waals surface area contributed by atoms with Crippen LogP contribution in [0.3, 0.4) is 0 Å². The second-order valence-corrected chi connectivity index (χ2v) is 5.78. The van der Waals surface area contributed by atoms with Crippen molar-refractivity contribution >= 4 is 17.6 Å². The summed E-state index contributed by atoms with van der Waals surface area (Å²) >= 11 is 0. The van der Waals surface area contributed by atoms with Crippen LogP contribution in [0, 0.1) is 5.92 Å². The molecule has 2 rings (SSSR count). The first-order valence-electron chi connectivity index (χ1n) is 7.76. The Bertz CT molecular complexity index is 525. The summed E-state index contributed by atoms with van der Waals surface area (Å²) < 4.78 is 5.07. The molecule has 0 aromatic heterocycles. The molecular weight excluding hydrogens is 280 g/mol. The van der Waals surface area contributed by atoms with E-state index in [0.717, 1.165) is 18.5 Å². The van der Waals surface area contributed by atoms with Crippen LogP contribution in [0.5, 0.6) is 0 Å². The zero-order valence-electron chi connectivity index (χ0n) is 13.5. The average molecular weight is 304 g/mol. The minimum atomic E-state index is -0.196. The minimum Gasteiger partial charge on any atom is -0.466 e. The van der Waals surface area contributed by atoms with Crippen LogP contribution in [0.2, 0.25) is 0 Å². The Balaban J connectivity index is 2.03. The first kappa shape index (κ1) is 16.3. The summed E-state index contributed by atoms with van der Waals surface area (Å²) in [5, 5.41) is 0. The predicted molar refractivity (Wildman–Crippen MR) is 86.0 cm³/mol. The zero-order valence-corrected chi connectivity index (χ0v) is 13.5. The molecule has 0 radical (unpaired) electrons. The van der Waals surface area contributed by atoms with Gasteiger partial charge in [0.1, 0.15) is 0 Å². The number of amides is 1. The number of nitrogens with zero attached hydrogens (tertiary/aromatic N) is 2. The maximum absolute atomic E-state index is 12.6. The van der Waals surface area contributed by atoms with Crippen LogP contribution in [-0.4, -0.2) is 50.6 Å². The van der Waals surface area contributed by atoms with E-state index in [1.807, 2.05) is 43.3 Å². The molecule has 5 heteroatoms. The highest BCUT2D eigenvalue weighted by Gasteiger charge is 2.29. The fourth-order valence-electron chi connectivity index (χ4n) is 2.70. The van der Waals surface area contributed by atoms with Crippen LogP contribution in [0.1, 0.15) is 30.1 Å². The number of anilines is 1. The van der Waals surface area contributed by atoms with Crippen molar-refractivity contribution in [2.24, 2.45) is 5.92 Å². The van der Waals surface area contributed by atoms with Gasteiger partial charge in [-0.3, -0.25) is 9.59 Å². The lowest BCUT2D eigenvalue weighted by atomic mass is 9.97. The first-order valence-corrected chi connectivity index (χ1v) is 7.76. The molecule has 1 aliphatic rings. The van der Waals surface area contributed by atoms with Crippen molar-refractivity contribution in [3.63, 3.8) is 0 Å². The van der Waals surface area contributed by atoms with E-state index in [1.165, 1.54) is 0 Å². The van der Waals surface area contributed by atoms with Gasteiger partial charge in [0.15, 0.2) is 0 Å². The topological polar surface area (TPSA) is 49.9 Å². The number of ether oxygens (including phenoxy) is 1. The van der Waals surface area contributed by atoms with E-state index < -0.39 is 0 Å². The van der Waals surface area contributed by atoms with Gasteiger partial charge in [-0.2, -0.15) is 0 Å². The summed E-state index contributed by atoms with van der Waals surface area (Å²) in [5.41, 5.74) is 1.72. The molecule has 1 saturated heterocycles. The number of carbonyl (C=O) groups is 2. The second kappa shape index (κ2) is 7.29. The van der Waals surface area contributed by atoms with Crippen LogP contribution in [0.15, 0.2) is 24.3 Å².